The molecule has 0 amide bonds. The SMILES string of the molecule is CCCCCCCCCCCCCCC/C=C/c1cc[c]cc1. The van der Waals surface area contributed by atoms with E-state index in [9.17, 15) is 0 Å². The third-order valence-corrected chi connectivity index (χ3v) is 4.53. The molecule has 23 heavy (non-hydrogen) atoms. The first-order valence-corrected chi connectivity index (χ1v) is 10.1. The Hall–Kier alpha value is -1.04. The molecule has 0 bridgehead atoms. The normalized spacial score (nSPS) is 11.3. The van der Waals surface area contributed by atoms with Gasteiger partial charge in [0.1, 0.15) is 0 Å². The third kappa shape index (κ3) is 13.1. The zero-order valence-electron chi connectivity index (χ0n) is 15.4. The molecular formula is C23H37. The number of rotatable bonds is 15. The molecule has 0 spiro atoms. The van der Waals surface area contributed by atoms with Crippen molar-refractivity contribution in [3.63, 3.8) is 0 Å². The van der Waals surface area contributed by atoms with Crippen LogP contribution >= 0.6 is 0 Å². The van der Waals surface area contributed by atoms with Crippen molar-refractivity contribution in [3.8, 4) is 0 Å². The Morgan fingerprint density at radius 2 is 1.17 bits per heavy atom. The fraction of sp³-hybridized carbons (Fsp3) is 0.652. The molecule has 1 rings (SSSR count). The second-order valence-electron chi connectivity index (χ2n) is 6.77. The zero-order chi connectivity index (χ0) is 16.4. The Bertz CT molecular complexity index is 363. The molecule has 1 radical (unpaired) electrons. The van der Waals surface area contributed by atoms with Gasteiger partial charge in [0.25, 0.3) is 0 Å². The molecule has 0 aromatic heterocycles. The van der Waals surface area contributed by atoms with Gasteiger partial charge >= 0.3 is 0 Å². The van der Waals surface area contributed by atoms with Gasteiger partial charge in [-0.2, -0.15) is 0 Å². The van der Waals surface area contributed by atoms with Crippen molar-refractivity contribution in [1.29, 1.82) is 0 Å². The highest BCUT2D eigenvalue weighted by atomic mass is 14.0. The molecule has 0 heteroatoms. The maximum Gasteiger partial charge on any atom is -0.0184 e. The van der Waals surface area contributed by atoms with Crippen LogP contribution in [-0.2, 0) is 0 Å². The standard InChI is InChI=1S/C23H37/c1-2-3-4-5-6-7-8-9-10-11-12-13-14-15-17-20-23-21-18-16-19-22-23/h17-22H,2-15H2,1H3/b20-17+. The minimum atomic E-state index is 1.22. The van der Waals surface area contributed by atoms with E-state index >= 15 is 0 Å². The second kappa shape index (κ2) is 15.8. The molecule has 0 aliphatic carbocycles. The van der Waals surface area contributed by atoms with Crippen molar-refractivity contribution in [2.75, 3.05) is 0 Å². The summed E-state index contributed by atoms with van der Waals surface area (Å²) in [5.41, 5.74) is 1.29. The molecule has 1 aromatic carbocycles. The van der Waals surface area contributed by atoms with Crippen LogP contribution < -0.4 is 0 Å². The summed E-state index contributed by atoms with van der Waals surface area (Å²) < 4.78 is 0. The highest BCUT2D eigenvalue weighted by Gasteiger charge is 1.93. The third-order valence-electron chi connectivity index (χ3n) is 4.53. The molecule has 1 aromatic rings. The molecule has 129 valence electrons. The highest BCUT2D eigenvalue weighted by molar-refractivity contribution is 5.48. The van der Waals surface area contributed by atoms with E-state index in [0.717, 1.165) is 0 Å². The fourth-order valence-electron chi connectivity index (χ4n) is 3.01. The van der Waals surface area contributed by atoms with Crippen LogP contribution in [0.4, 0.5) is 0 Å². The summed E-state index contributed by atoms with van der Waals surface area (Å²) in [5, 5.41) is 0. The quantitative estimate of drug-likeness (QED) is 0.288. The summed E-state index contributed by atoms with van der Waals surface area (Å²) >= 11 is 0. The summed E-state index contributed by atoms with van der Waals surface area (Å²) in [6.07, 6.45) is 24.4. The summed E-state index contributed by atoms with van der Waals surface area (Å²) in [4.78, 5) is 0. The minimum Gasteiger partial charge on any atom is -0.0839 e. The first-order chi connectivity index (χ1) is 11.4. The van der Waals surface area contributed by atoms with E-state index in [4.69, 9.17) is 0 Å². The molecule has 0 atom stereocenters. The summed E-state index contributed by atoms with van der Waals surface area (Å²) in [7, 11) is 0. The van der Waals surface area contributed by atoms with Crippen molar-refractivity contribution in [3.05, 3.63) is 42.0 Å². The Kier molecular flexibility index (Phi) is 13.8. The summed E-state index contributed by atoms with van der Waals surface area (Å²) in [6, 6.07) is 11.2. The molecular weight excluding hydrogens is 276 g/mol. The fourth-order valence-corrected chi connectivity index (χ4v) is 3.01. The van der Waals surface area contributed by atoms with Crippen molar-refractivity contribution in [2.45, 2.75) is 96.8 Å². The molecule has 0 saturated heterocycles. The first kappa shape index (κ1) is 20.0. The van der Waals surface area contributed by atoms with E-state index in [1.165, 1.54) is 95.5 Å². The number of hydrogen-bond donors (Lipinski definition) is 0. The number of benzene rings is 1. The van der Waals surface area contributed by atoms with Crippen molar-refractivity contribution >= 4 is 6.08 Å². The topological polar surface area (TPSA) is 0 Å². The van der Waals surface area contributed by atoms with Crippen molar-refractivity contribution in [1.82, 2.24) is 0 Å². The van der Waals surface area contributed by atoms with Gasteiger partial charge in [-0.25, -0.2) is 0 Å². The van der Waals surface area contributed by atoms with E-state index < -0.39 is 0 Å². The second-order valence-corrected chi connectivity index (χ2v) is 6.77. The van der Waals surface area contributed by atoms with E-state index in [1.54, 1.807) is 0 Å². The lowest BCUT2D eigenvalue weighted by Crippen LogP contribution is -1.82. The van der Waals surface area contributed by atoms with Crippen molar-refractivity contribution in [2.24, 2.45) is 0 Å². The van der Waals surface area contributed by atoms with Crippen LogP contribution in [0.25, 0.3) is 6.08 Å². The van der Waals surface area contributed by atoms with Crippen LogP contribution in [-0.4, -0.2) is 0 Å². The molecule has 0 unspecified atom stereocenters. The monoisotopic (exact) mass is 313 g/mol. The van der Waals surface area contributed by atoms with Crippen LogP contribution in [0.15, 0.2) is 30.3 Å². The Balaban J connectivity index is 1.77. The lowest BCUT2D eigenvalue weighted by atomic mass is 10.0. The van der Waals surface area contributed by atoms with Crippen LogP contribution in [0.5, 0.6) is 0 Å². The Morgan fingerprint density at radius 3 is 1.70 bits per heavy atom. The summed E-state index contributed by atoms with van der Waals surface area (Å²) in [5.74, 6) is 0. The average molecular weight is 314 g/mol. The number of allylic oxidation sites excluding steroid dienone is 1. The van der Waals surface area contributed by atoms with Gasteiger partial charge in [0, 0.05) is 0 Å². The smallest absolute Gasteiger partial charge is 0.0184 e. The van der Waals surface area contributed by atoms with Gasteiger partial charge in [-0.3, -0.25) is 0 Å². The lowest BCUT2D eigenvalue weighted by Gasteiger charge is -2.02. The molecule has 0 saturated carbocycles. The molecule has 0 aliphatic heterocycles. The van der Waals surface area contributed by atoms with Crippen molar-refractivity contribution < 1.29 is 0 Å². The van der Waals surface area contributed by atoms with Gasteiger partial charge in [-0.1, -0.05) is 120 Å². The predicted octanol–water partition coefficient (Wildman–Crippen LogP) is 7.98. The van der Waals surface area contributed by atoms with E-state index in [2.05, 4.69) is 37.3 Å². The van der Waals surface area contributed by atoms with Gasteiger partial charge < -0.3 is 0 Å². The van der Waals surface area contributed by atoms with Gasteiger partial charge in [0.05, 0.1) is 0 Å². The largest absolute Gasteiger partial charge is 0.0839 e. The highest BCUT2D eigenvalue weighted by Crippen LogP contribution is 2.13. The van der Waals surface area contributed by atoms with Gasteiger partial charge in [0.15, 0.2) is 0 Å². The molecule has 0 fully saturated rings. The van der Waals surface area contributed by atoms with Crippen LogP contribution in [0.2, 0.25) is 0 Å². The van der Waals surface area contributed by atoms with Crippen LogP contribution in [0.1, 0.15) is 102 Å². The Labute approximate surface area is 145 Å². The minimum absolute atomic E-state index is 1.22. The Morgan fingerprint density at radius 1 is 0.696 bits per heavy atom. The molecule has 0 aliphatic rings. The number of unbranched alkanes of at least 4 members (excludes halogenated alkanes) is 13. The predicted molar refractivity (Wildman–Crippen MR) is 105 cm³/mol. The maximum absolute atomic E-state index is 3.05. The van der Waals surface area contributed by atoms with E-state index in [0.29, 0.717) is 0 Å². The molecule has 0 N–H and O–H groups in total. The average Bonchev–Trinajstić information content (AvgIpc) is 2.59. The van der Waals surface area contributed by atoms with Crippen LogP contribution in [0, 0.1) is 6.07 Å². The van der Waals surface area contributed by atoms with Crippen LogP contribution in [0.3, 0.4) is 0 Å². The maximum atomic E-state index is 3.05. The molecule has 0 nitrogen and oxygen atoms in total. The lowest BCUT2D eigenvalue weighted by molar-refractivity contribution is 0.540. The number of hydrogen-bond acceptors (Lipinski definition) is 0. The van der Waals surface area contributed by atoms with Gasteiger partial charge in [0.2, 0.25) is 0 Å². The first-order valence-electron chi connectivity index (χ1n) is 10.1. The van der Waals surface area contributed by atoms with Gasteiger partial charge in [-0.05, 0) is 24.5 Å². The van der Waals surface area contributed by atoms with Gasteiger partial charge in [-0.15, -0.1) is 0 Å². The summed E-state index contributed by atoms with van der Waals surface area (Å²) in [6.45, 7) is 2.29. The molecule has 0 heterocycles. The zero-order valence-corrected chi connectivity index (χ0v) is 15.4. The van der Waals surface area contributed by atoms with E-state index in [-0.39, 0.29) is 0 Å². The van der Waals surface area contributed by atoms with E-state index in [1.807, 2.05) is 12.1 Å².